The summed E-state index contributed by atoms with van der Waals surface area (Å²) in [5.41, 5.74) is 1.14. The van der Waals surface area contributed by atoms with Crippen LogP contribution in [0.15, 0.2) is 24.3 Å². The molecule has 2 rings (SSSR count). The molecule has 0 spiro atoms. The first-order chi connectivity index (χ1) is 6.75. The lowest BCUT2D eigenvalue weighted by Crippen LogP contribution is -2.38. The molecular weight excluding hydrogens is 198 g/mol. The molecule has 0 saturated carbocycles. The summed E-state index contributed by atoms with van der Waals surface area (Å²) < 4.78 is 5.62. The maximum Gasteiger partial charge on any atom is 0.134 e. The summed E-state index contributed by atoms with van der Waals surface area (Å²) in [6.45, 7) is 2.99. The standard InChI is InChI=1S/C11H14ClNO/c1-8-6-7-14-11(13-8)9-2-4-10(12)5-3-9/h2-5,8,11,13H,6-7H2,1H3/t8-,11-/m0/s1. The van der Waals surface area contributed by atoms with E-state index in [1.807, 2.05) is 24.3 Å². The Morgan fingerprint density at radius 3 is 2.71 bits per heavy atom. The van der Waals surface area contributed by atoms with Crippen LogP contribution in [0, 0.1) is 0 Å². The van der Waals surface area contributed by atoms with Crippen molar-refractivity contribution in [2.24, 2.45) is 0 Å². The molecule has 1 aliphatic heterocycles. The monoisotopic (exact) mass is 211 g/mol. The average Bonchev–Trinajstić information content (AvgIpc) is 2.19. The van der Waals surface area contributed by atoms with E-state index in [4.69, 9.17) is 16.3 Å². The molecule has 0 aliphatic carbocycles. The lowest BCUT2D eigenvalue weighted by atomic mass is 10.1. The molecule has 0 radical (unpaired) electrons. The van der Waals surface area contributed by atoms with Crippen molar-refractivity contribution in [1.82, 2.24) is 5.32 Å². The third-order valence-electron chi connectivity index (χ3n) is 2.44. The average molecular weight is 212 g/mol. The normalized spacial score (nSPS) is 27.6. The van der Waals surface area contributed by atoms with Gasteiger partial charge in [-0.3, -0.25) is 5.32 Å². The number of hydrogen-bond donors (Lipinski definition) is 1. The van der Waals surface area contributed by atoms with Crippen molar-refractivity contribution in [1.29, 1.82) is 0 Å². The molecule has 1 aliphatic rings. The largest absolute Gasteiger partial charge is 0.359 e. The highest BCUT2D eigenvalue weighted by Crippen LogP contribution is 2.21. The van der Waals surface area contributed by atoms with Crippen LogP contribution in [0.5, 0.6) is 0 Å². The fourth-order valence-electron chi connectivity index (χ4n) is 1.58. The van der Waals surface area contributed by atoms with Crippen molar-refractivity contribution >= 4 is 11.6 Å². The Kier molecular flexibility index (Phi) is 3.06. The summed E-state index contributed by atoms with van der Waals surface area (Å²) in [4.78, 5) is 0. The van der Waals surface area contributed by atoms with Gasteiger partial charge in [-0.1, -0.05) is 23.7 Å². The Morgan fingerprint density at radius 2 is 2.07 bits per heavy atom. The lowest BCUT2D eigenvalue weighted by molar-refractivity contribution is -0.0167. The van der Waals surface area contributed by atoms with Crippen molar-refractivity contribution < 1.29 is 4.74 Å². The lowest BCUT2D eigenvalue weighted by Gasteiger charge is -2.29. The molecule has 2 nitrogen and oxygen atoms in total. The Bertz CT molecular complexity index is 299. The maximum atomic E-state index is 5.82. The van der Waals surface area contributed by atoms with E-state index in [9.17, 15) is 0 Å². The number of ether oxygens (including phenoxy) is 1. The van der Waals surface area contributed by atoms with Crippen molar-refractivity contribution in [3.63, 3.8) is 0 Å². The number of nitrogens with one attached hydrogen (secondary N) is 1. The molecule has 3 heteroatoms. The van der Waals surface area contributed by atoms with Gasteiger partial charge in [-0.05, 0) is 31.0 Å². The fourth-order valence-corrected chi connectivity index (χ4v) is 1.71. The molecule has 2 atom stereocenters. The molecule has 0 unspecified atom stereocenters. The summed E-state index contributed by atoms with van der Waals surface area (Å²) >= 11 is 5.82. The number of hydrogen-bond acceptors (Lipinski definition) is 2. The highest BCUT2D eigenvalue weighted by Gasteiger charge is 2.19. The molecule has 1 saturated heterocycles. The van der Waals surface area contributed by atoms with Crippen LogP contribution in [0.4, 0.5) is 0 Å². The van der Waals surface area contributed by atoms with Crippen LogP contribution >= 0.6 is 11.6 Å². The first kappa shape index (κ1) is 9.97. The Labute approximate surface area is 89.2 Å². The van der Waals surface area contributed by atoms with Gasteiger partial charge in [0.15, 0.2) is 0 Å². The van der Waals surface area contributed by atoms with Gasteiger partial charge in [0.25, 0.3) is 0 Å². The van der Waals surface area contributed by atoms with Gasteiger partial charge in [-0.2, -0.15) is 0 Å². The quantitative estimate of drug-likeness (QED) is 0.772. The molecule has 0 aromatic heterocycles. The van der Waals surface area contributed by atoms with E-state index in [-0.39, 0.29) is 6.23 Å². The smallest absolute Gasteiger partial charge is 0.134 e. The molecule has 1 aromatic carbocycles. The summed E-state index contributed by atoms with van der Waals surface area (Å²) in [6.07, 6.45) is 1.10. The van der Waals surface area contributed by atoms with Crippen molar-refractivity contribution in [2.75, 3.05) is 6.61 Å². The maximum absolute atomic E-state index is 5.82. The summed E-state index contributed by atoms with van der Waals surface area (Å²) in [5.74, 6) is 0. The van der Waals surface area contributed by atoms with Crippen LogP contribution in [0.25, 0.3) is 0 Å². The number of benzene rings is 1. The van der Waals surface area contributed by atoms with Crippen LogP contribution < -0.4 is 5.32 Å². The minimum Gasteiger partial charge on any atom is -0.359 e. The molecule has 1 aromatic rings. The van der Waals surface area contributed by atoms with Crippen LogP contribution in [-0.4, -0.2) is 12.6 Å². The first-order valence-corrected chi connectivity index (χ1v) is 5.26. The molecular formula is C11H14ClNO. The van der Waals surface area contributed by atoms with Gasteiger partial charge in [-0.25, -0.2) is 0 Å². The van der Waals surface area contributed by atoms with E-state index in [1.54, 1.807) is 0 Å². The van der Waals surface area contributed by atoms with Crippen LogP contribution in [-0.2, 0) is 4.74 Å². The van der Waals surface area contributed by atoms with Crippen LogP contribution in [0.1, 0.15) is 25.1 Å². The Balaban J connectivity index is 2.10. The van der Waals surface area contributed by atoms with E-state index >= 15 is 0 Å². The van der Waals surface area contributed by atoms with Gasteiger partial charge >= 0.3 is 0 Å². The molecule has 1 N–H and O–H groups in total. The first-order valence-electron chi connectivity index (χ1n) is 4.89. The molecule has 1 fully saturated rings. The summed E-state index contributed by atoms with van der Waals surface area (Å²) in [5, 5.41) is 4.15. The third-order valence-corrected chi connectivity index (χ3v) is 2.70. The zero-order valence-electron chi connectivity index (χ0n) is 8.16. The molecule has 76 valence electrons. The van der Waals surface area contributed by atoms with Crippen LogP contribution in [0.3, 0.4) is 0 Å². The topological polar surface area (TPSA) is 21.3 Å². The summed E-state index contributed by atoms with van der Waals surface area (Å²) in [7, 11) is 0. The van der Waals surface area contributed by atoms with Gasteiger partial charge in [0, 0.05) is 11.1 Å². The van der Waals surface area contributed by atoms with Crippen molar-refractivity contribution in [3.05, 3.63) is 34.9 Å². The van der Waals surface area contributed by atoms with Gasteiger partial charge in [0.2, 0.25) is 0 Å². The van der Waals surface area contributed by atoms with Crippen molar-refractivity contribution in [2.45, 2.75) is 25.6 Å². The van der Waals surface area contributed by atoms with Crippen molar-refractivity contribution in [3.8, 4) is 0 Å². The van der Waals surface area contributed by atoms with Gasteiger partial charge in [0.05, 0.1) is 6.61 Å². The Morgan fingerprint density at radius 1 is 1.36 bits per heavy atom. The fraction of sp³-hybridized carbons (Fsp3) is 0.455. The van der Waals surface area contributed by atoms with E-state index in [0.29, 0.717) is 6.04 Å². The SMILES string of the molecule is C[C@H]1CCO[C@@H](c2ccc(Cl)cc2)N1. The van der Waals surface area contributed by atoms with E-state index in [0.717, 1.165) is 23.6 Å². The molecule has 14 heavy (non-hydrogen) atoms. The van der Waals surface area contributed by atoms with E-state index < -0.39 is 0 Å². The zero-order valence-corrected chi connectivity index (χ0v) is 8.92. The third kappa shape index (κ3) is 2.27. The highest BCUT2D eigenvalue weighted by atomic mass is 35.5. The van der Waals surface area contributed by atoms with Gasteiger partial charge in [-0.15, -0.1) is 0 Å². The highest BCUT2D eigenvalue weighted by molar-refractivity contribution is 6.30. The van der Waals surface area contributed by atoms with Gasteiger partial charge < -0.3 is 4.74 Å². The minimum atomic E-state index is 0.0241. The van der Waals surface area contributed by atoms with E-state index in [1.165, 1.54) is 0 Å². The molecule has 0 amide bonds. The predicted molar refractivity (Wildman–Crippen MR) is 57.4 cm³/mol. The predicted octanol–water partition coefficient (Wildman–Crippen LogP) is 2.74. The second kappa shape index (κ2) is 4.30. The molecule has 0 bridgehead atoms. The number of rotatable bonds is 1. The zero-order chi connectivity index (χ0) is 9.97. The number of halogens is 1. The van der Waals surface area contributed by atoms with Gasteiger partial charge in [0.1, 0.15) is 6.23 Å². The summed E-state index contributed by atoms with van der Waals surface area (Å²) in [6, 6.07) is 8.29. The van der Waals surface area contributed by atoms with E-state index in [2.05, 4.69) is 12.2 Å². The van der Waals surface area contributed by atoms with Crippen LogP contribution in [0.2, 0.25) is 5.02 Å². The molecule has 1 heterocycles. The minimum absolute atomic E-state index is 0.0241. The Hall–Kier alpha value is -0.570. The second-order valence-electron chi connectivity index (χ2n) is 3.66. The second-order valence-corrected chi connectivity index (χ2v) is 4.10.